The highest BCUT2D eigenvalue weighted by Crippen LogP contribution is 2.14. The minimum absolute atomic E-state index is 0.300. The summed E-state index contributed by atoms with van der Waals surface area (Å²) < 4.78 is 2.73. The summed E-state index contributed by atoms with van der Waals surface area (Å²) in [4.78, 5) is 31.1. The third kappa shape index (κ3) is 2.69. The van der Waals surface area contributed by atoms with E-state index in [0.29, 0.717) is 29.5 Å². The fourth-order valence-electron chi connectivity index (χ4n) is 2.36. The van der Waals surface area contributed by atoms with Gasteiger partial charge in [0, 0.05) is 13.6 Å². The first-order valence-electron chi connectivity index (χ1n) is 7.04. The number of aromatic nitrogens is 4. The van der Waals surface area contributed by atoms with Crippen molar-refractivity contribution in [2.45, 2.75) is 40.2 Å². The van der Waals surface area contributed by atoms with Crippen molar-refractivity contribution >= 4 is 11.2 Å². The highest BCUT2D eigenvalue weighted by molar-refractivity contribution is 5.68. The van der Waals surface area contributed by atoms with Gasteiger partial charge in [-0.2, -0.15) is 0 Å². The van der Waals surface area contributed by atoms with E-state index in [1.54, 1.807) is 4.57 Å². The van der Waals surface area contributed by atoms with Crippen molar-refractivity contribution in [2.24, 2.45) is 18.9 Å². The minimum Gasteiger partial charge on any atom is -0.339 e. The molecule has 0 bridgehead atoms. The van der Waals surface area contributed by atoms with E-state index in [1.807, 2.05) is 0 Å². The average molecular weight is 278 g/mol. The summed E-state index contributed by atoms with van der Waals surface area (Å²) >= 11 is 0. The molecule has 0 spiro atoms. The maximum atomic E-state index is 12.2. The van der Waals surface area contributed by atoms with Gasteiger partial charge in [0.05, 0.1) is 6.33 Å². The van der Waals surface area contributed by atoms with Crippen LogP contribution < -0.4 is 11.2 Å². The number of aromatic amines is 1. The third-order valence-electron chi connectivity index (χ3n) is 3.64. The summed E-state index contributed by atoms with van der Waals surface area (Å²) in [5.41, 5.74) is 0.220. The Bertz CT molecular complexity index is 708. The van der Waals surface area contributed by atoms with Crippen LogP contribution in [0.15, 0.2) is 15.9 Å². The fourth-order valence-corrected chi connectivity index (χ4v) is 2.36. The number of hydrogen-bond donors (Lipinski definition) is 1. The molecule has 2 aromatic heterocycles. The zero-order chi connectivity index (χ0) is 14.9. The molecule has 0 aliphatic heterocycles. The second kappa shape index (κ2) is 5.64. The van der Waals surface area contributed by atoms with Gasteiger partial charge in [-0.3, -0.25) is 13.9 Å². The van der Waals surface area contributed by atoms with E-state index in [-0.39, 0.29) is 11.2 Å². The van der Waals surface area contributed by atoms with E-state index in [1.165, 1.54) is 13.4 Å². The molecule has 2 rings (SSSR count). The lowest BCUT2D eigenvalue weighted by Crippen LogP contribution is -2.39. The van der Waals surface area contributed by atoms with Crippen molar-refractivity contribution in [3.8, 4) is 0 Å². The topological polar surface area (TPSA) is 72.7 Å². The highest BCUT2D eigenvalue weighted by atomic mass is 16.2. The Hall–Kier alpha value is -1.85. The molecular weight excluding hydrogens is 256 g/mol. The number of fused-ring (bicyclic) bond motifs is 1. The van der Waals surface area contributed by atoms with Crippen LogP contribution in [0.3, 0.4) is 0 Å². The van der Waals surface area contributed by atoms with E-state index >= 15 is 0 Å². The summed E-state index contributed by atoms with van der Waals surface area (Å²) in [6.45, 7) is 7.09. The van der Waals surface area contributed by atoms with Gasteiger partial charge in [-0.05, 0) is 18.3 Å². The van der Waals surface area contributed by atoms with Gasteiger partial charge < -0.3 is 4.98 Å². The van der Waals surface area contributed by atoms with Gasteiger partial charge in [0.2, 0.25) is 0 Å². The number of imidazole rings is 1. The van der Waals surface area contributed by atoms with Crippen LogP contribution in [0.25, 0.3) is 11.2 Å². The molecule has 1 unspecified atom stereocenters. The molecular formula is C14H22N4O2. The van der Waals surface area contributed by atoms with Gasteiger partial charge in [-0.15, -0.1) is 0 Å². The van der Waals surface area contributed by atoms with Gasteiger partial charge in [0.25, 0.3) is 5.56 Å². The largest absolute Gasteiger partial charge is 0.339 e. The van der Waals surface area contributed by atoms with E-state index in [9.17, 15) is 9.59 Å². The molecule has 0 fully saturated rings. The Morgan fingerprint density at radius 1 is 1.25 bits per heavy atom. The van der Waals surface area contributed by atoms with Gasteiger partial charge in [-0.1, -0.05) is 27.2 Å². The maximum absolute atomic E-state index is 12.2. The SMILES string of the molecule is CC(C)CCC(C)Cn1c(=O)n(C)c(=O)c2[nH]cnc21. The molecule has 1 N–H and O–H groups in total. The molecule has 2 heterocycles. The van der Waals surface area contributed by atoms with Crippen molar-refractivity contribution in [2.75, 3.05) is 0 Å². The summed E-state index contributed by atoms with van der Waals surface area (Å²) in [6, 6.07) is 0. The van der Waals surface area contributed by atoms with Crippen molar-refractivity contribution < 1.29 is 0 Å². The van der Waals surface area contributed by atoms with Gasteiger partial charge >= 0.3 is 5.69 Å². The molecule has 2 aromatic rings. The normalized spacial score (nSPS) is 13.2. The highest BCUT2D eigenvalue weighted by Gasteiger charge is 2.15. The number of nitrogens with zero attached hydrogens (tertiary/aromatic N) is 3. The molecule has 1 atom stereocenters. The first kappa shape index (κ1) is 14.6. The van der Waals surface area contributed by atoms with E-state index < -0.39 is 0 Å². The number of rotatable bonds is 5. The van der Waals surface area contributed by atoms with Gasteiger partial charge in [0.15, 0.2) is 5.65 Å². The summed E-state index contributed by atoms with van der Waals surface area (Å²) in [5.74, 6) is 1.02. The molecule has 0 saturated carbocycles. The van der Waals surface area contributed by atoms with Crippen LogP contribution in [-0.2, 0) is 13.6 Å². The molecule has 6 heteroatoms. The zero-order valence-electron chi connectivity index (χ0n) is 12.5. The van der Waals surface area contributed by atoms with Gasteiger partial charge in [0.1, 0.15) is 5.52 Å². The van der Waals surface area contributed by atoms with Crippen molar-refractivity contribution in [1.82, 2.24) is 19.1 Å². The van der Waals surface area contributed by atoms with Crippen LogP contribution in [0.4, 0.5) is 0 Å². The van der Waals surface area contributed by atoms with Crippen LogP contribution in [0, 0.1) is 11.8 Å². The lowest BCUT2D eigenvalue weighted by atomic mass is 9.99. The fraction of sp³-hybridized carbons (Fsp3) is 0.643. The predicted octanol–water partition coefficient (Wildman–Crippen LogP) is 1.50. The van der Waals surface area contributed by atoms with Crippen molar-refractivity contribution in [1.29, 1.82) is 0 Å². The molecule has 0 aliphatic carbocycles. The molecule has 0 saturated heterocycles. The Kier molecular flexibility index (Phi) is 4.11. The summed E-state index contributed by atoms with van der Waals surface area (Å²) in [6.07, 6.45) is 3.64. The maximum Gasteiger partial charge on any atom is 0.332 e. The number of nitrogens with one attached hydrogen (secondary N) is 1. The quantitative estimate of drug-likeness (QED) is 0.900. The molecule has 6 nitrogen and oxygen atoms in total. The standard InChI is InChI=1S/C14H22N4O2/c1-9(2)5-6-10(3)7-18-12-11(15-8-16-12)13(19)17(4)14(18)20/h8-10H,5-7H2,1-4H3,(H,15,16). The monoisotopic (exact) mass is 278 g/mol. The van der Waals surface area contributed by atoms with E-state index in [4.69, 9.17) is 0 Å². The minimum atomic E-state index is -0.325. The third-order valence-corrected chi connectivity index (χ3v) is 3.64. The second-order valence-corrected chi connectivity index (χ2v) is 5.93. The van der Waals surface area contributed by atoms with Crippen molar-refractivity contribution in [3.05, 3.63) is 27.2 Å². The molecule has 110 valence electrons. The van der Waals surface area contributed by atoms with Crippen LogP contribution in [0.5, 0.6) is 0 Å². The van der Waals surface area contributed by atoms with Crippen LogP contribution >= 0.6 is 0 Å². The van der Waals surface area contributed by atoms with E-state index in [0.717, 1.165) is 17.4 Å². The Morgan fingerprint density at radius 3 is 2.60 bits per heavy atom. The van der Waals surface area contributed by atoms with Crippen LogP contribution in [0.2, 0.25) is 0 Å². The molecule has 0 aromatic carbocycles. The first-order valence-corrected chi connectivity index (χ1v) is 7.04. The smallest absolute Gasteiger partial charge is 0.332 e. The zero-order valence-corrected chi connectivity index (χ0v) is 12.5. The lowest BCUT2D eigenvalue weighted by Gasteiger charge is -2.15. The second-order valence-electron chi connectivity index (χ2n) is 5.93. The number of hydrogen-bond acceptors (Lipinski definition) is 3. The number of H-pyrrole nitrogens is 1. The van der Waals surface area contributed by atoms with Crippen LogP contribution in [0.1, 0.15) is 33.6 Å². The Labute approximate surface area is 117 Å². The molecule has 0 aliphatic rings. The first-order chi connectivity index (χ1) is 9.41. The van der Waals surface area contributed by atoms with Gasteiger partial charge in [-0.25, -0.2) is 9.78 Å². The summed E-state index contributed by atoms with van der Waals surface area (Å²) in [5, 5.41) is 0. The Morgan fingerprint density at radius 2 is 1.95 bits per heavy atom. The molecule has 0 amide bonds. The molecule has 20 heavy (non-hydrogen) atoms. The lowest BCUT2D eigenvalue weighted by molar-refractivity contribution is 0.396. The Balaban J connectivity index is 2.37. The summed E-state index contributed by atoms with van der Waals surface area (Å²) in [7, 11) is 1.50. The van der Waals surface area contributed by atoms with E-state index in [2.05, 4.69) is 30.7 Å². The molecule has 0 radical (unpaired) electrons. The predicted molar refractivity (Wildman–Crippen MR) is 78.8 cm³/mol. The van der Waals surface area contributed by atoms with Crippen LogP contribution in [-0.4, -0.2) is 19.1 Å². The van der Waals surface area contributed by atoms with Crippen molar-refractivity contribution in [3.63, 3.8) is 0 Å². The average Bonchev–Trinajstić information content (AvgIpc) is 2.88.